The molecule has 2 rings (SSSR count). The molecule has 0 radical (unpaired) electrons. The highest BCUT2D eigenvalue weighted by atomic mass is 32.1. The van der Waals surface area contributed by atoms with E-state index in [1.54, 1.807) is 23.5 Å². The molecule has 0 saturated heterocycles. The second kappa shape index (κ2) is 6.21. The first-order chi connectivity index (χ1) is 9.19. The van der Waals surface area contributed by atoms with Crippen molar-refractivity contribution in [3.8, 4) is 0 Å². The molecule has 0 aliphatic rings. The number of carbonyl (C=O) groups excluding carboxylic acids is 1. The first kappa shape index (κ1) is 13.4. The standard InChI is InChI=1S/C11H14N6OS/c1-7-6-19-10(14-7)4-5-13-11(18)8-2-3-9(15-12)17-16-8/h2-3,6H,4-5,12H2,1H3,(H,13,18)(H,15,17). The summed E-state index contributed by atoms with van der Waals surface area (Å²) in [4.78, 5) is 16.1. The third kappa shape index (κ3) is 3.70. The Balaban J connectivity index is 1.83. The van der Waals surface area contributed by atoms with E-state index in [1.807, 2.05) is 12.3 Å². The van der Waals surface area contributed by atoms with E-state index in [2.05, 4.69) is 25.9 Å². The predicted molar refractivity (Wildman–Crippen MR) is 72.7 cm³/mol. The van der Waals surface area contributed by atoms with Crippen molar-refractivity contribution >= 4 is 23.1 Å². The number of rotatable bonds is 5. The minimum Gasteiger partial charge on any atom is -0.350 e. The summed E-state index contributed by atoms with van der Waals surface area (Å²) in [5.41, 5.74) is 3.61. The zero-order chi connectivity index (χ0) is 13.7. The van der Waals surface area contributed by atoms with E-state index < -0.39 is 0 Å². The Labute approximate surface area is 114 Å². The molecule has 2 aromatic rings. The maximum absolute atomic E-state index is 11.8. The summed E-state index contributed by atoms with van der Waals surface area (Å²) >= 11 is 1.59. The Morgan fingerprint density at radius 1 is 1.42 bits per heavy atom. The lowest BCUT2D eigenvalue weighted by atomic mass is 10.3. The molecule has 0 aliphatic carbocycles. The van der Waals surface area contributed by atoms with Crippen LogP contribution in [0.25, 0.3) is 0 Å². The summed E-state index contributed by atoms with van der Waals surface area (Å²) in [6.45, 7) is 2.46. The predicted octanol–water partition coefficient (Wildman–Crippen LogP) is 0.500. The van der Waals surface area contributed by atoms with Crippen molar-refractivity contribution in [2.45, 2.75) is 13.3 Å². The minimum atomic E-state index is -0.260. The molecule has 2 aromatic heterocycles. The highest BCUT2D eigenvalue weighted by molar-refractivity contribution is 7.09. The average molecular weight is 278 g/mol. The molecule has 0 saturated carbocycles. The zero-order valence-electron chi connectivity index (χ0n) is 10.4. The van der Waals surface area contributed by atoms with E-state index in [1.165, 1.54) is 0 Å². The number of hydrazine groups is 1. The van der Waals surface area contributed by atoms with Crippen LogP contribution < -0.4 is 16.6 Å². The molecule has 19 heavy (non-hydrogen) atoms. The average Bonchev–Trinajstić information content (AvgIpc) is 2.84. The summed E-state index contributed by atoms with van der Waals surface area (Å²) in [6.07, 6.45) is 0.708. The van der Waals surface area contributed by atoms with Gasteiger partial charge in [0.1, 0.15) is 0 Å². The topological polar surface area (TPSA) is 106 Å². The number of nitrogens with two attached hydrogens (primary N) is 1. The lowest BCUT2D eigenvalue weighted by molar-refractivity contribution is 0.0948. The number of thiazole rings is 1. The normalized spacial score (nSPS) is 10.2. The number of nitrogens with zero attached hydrogens (tertiary/aromatic N) is 3. The molecule has 1 amide bonds. The van der Waals surface area contributed by atoms with E-state index in [4.69, 9.17) is 5.84 Å². The first-order valence-electron chi connectivity index (χ1n) is 5.68. The molecule has 8 heteroatoms. The summed E-state index contributed by atoms with van der Waals surface area (Å²) in [6, 6.07) is 3.15. The van der Waals surface area contributed by atoms with Crippen LogP contribution in [0.3, 0.4) is 0 Å². The molecule has 0 atom stereocenters. The number of anilines is 1. The summed E-state index contributed by atoms with van der Waals surface area (Å²) in [5, 5.41) is 13.3. The second-order valence-electron chi connectivity index (χ2n) is 3.84. The molecule has 0 aliphatic heterocycles. The van der Waals surface area contributed by atoms with Crippen molar-refractivity contribution in [2.24, 2.45) is 5.84 Å². The van der Waals surface area contributed by atoms with Crippen LogP contribution in [0, 0.1) is 6.92 Å². The first-order valence-corrected chi connectivity index (χ1v) is 6.56. The van der Waals surface area contributed by atoms with Gasteiger partial charge in [-0.2, -0.15) is 0 Å². The molecule has 4 N–H and O–H groups in total. The number of aromatic nitrogens is 3. The van der Waals surface area contributed by atoms with Gasteiger partial charge < -0.3 is 10.7 Å². The van der Waals surface area contributed by atoms with E-state index in [0.29, 0.717) is 18.8 Å². The van der Waals surface area contributed by atoms with Crippen LogP contribution in [0.4, 0.5) is 5.82 Å². The SMILES string of the molecule is Cc1csc(CCNC(=O)c2ccc(NN)nn2)n1. The lowest BCUT2D eigenvalue weighted by Gasteiger charge is -2.03. The number of hydrogen-bond donors (Lipinski definition) is 3. The smallest absolute Gasteiger partial charge is 0.271 e. The largest absolute Gasteiger partial charge is 0.350 e. The number of aryl methyl sites for hydroxylation is 1. The summed E-state index contributed by atoms with van der Waals surface area (Å²) < 4.78 is 0. The van der Waals surface area contributed by atoms with Crippen LogP contribution in [0.1, 0.15) is 21.2 Å². The van der Waals surface area contributed by atoms with Gasteiger partial charge in [0.25, 0.3) is 5.91 Å². The van der Waals surface area contributed by atoms with Gasteiger partial charge in [0.15, 0.2) is 11.5 Å². The molecule has 0 bridgehead atoms. The van der Waals surface area contributed by atoms with Gasteiger partial charge in [0, 0.05) is 24.0 Å². The quantitative estimate of drug-likeness (QED) is 0.543. The van der Waals surface area contributed by atoms with Crippen molar-refractivity contribution in [1.29, 1.82) is 0 Å². The maximum atomic E-state index is 11.8. The summed E-state index contributed by atoms with van der Waals surface area (Å²) in [5.74, 6) is 5.32. The van der Waals surface area contributed by atoms with Crippen molar-refractivity contribution in [3.63, 3.8) is 0 Å². The third-order valence-corrected chi connectivity index (χ3v) is 3.36. The zero-order valence-corrected chi connectivity index (χ0v) is 11.2. The molecule has 2 heterocycles. The van der Waals surface area contributed by atoms with E-state index in [-0.39, 0.29) is 11.6 Å². The number of nitrogen functional groups attached to an aromatic ring is 1. The Morgan fingerprint density at radius 2 is 2.26 bits per heavy atom. The molecule has 100 valence electrons. The molecular weight excluding hydrogens is 264 g/mol. The fourth-order valence-corrected chi connectivity index (χ4v) is 2.20. The van der Waals surface area contributed by atoms with Crippen LogP contribution in [-0.2, 0) is 6.42 Å². The van der Waals surface area contributed by atoms with Gasteiger partial charge in [-0.1, -0.05) is 0 Å². The van der Waals surface area contributed by atoms with Gasteiger partial charge in [0.05, 0.1) is 5.01 Å². The van der Waals surface area contributed by atoms with Gasteiger partial charge in [-0.3, -0.25) is 4.79 Å². The third-order valence-electron chi connectivity index (χ3n) is 2.34. The van der Waals surface area contributed by atoms with Crippen molar-refractivity contribution < 1.29 is 4.79 Å². The van der Waals surface area contributed by atoms with Crippen molar-refractivity contribution in [2.75, 3.05) is 12.0 Å². The van der Waals surface area contributed by atoms with E-state index in [9.17, 15) is 4.79 Å². The fraction of sp³-hybridized carbons (Fsp3) is 0.273. The maximum Gasteiger partial charge on any atom is 0.271 e. The molecule has 0 spiro atoms. The number of hydrogen-bond acceptors (Lipinski definition) is 7. The number of nitrogens with one attached hydrogen (secondary N) is 2. The van der Waals surface area contributed by atoms with Gasteiger partial charge in [-0.15, -0.1) is 21.5 Å². The number of amides is 1. The second-order valence-corrected chi connectivity index (χ2v) is 4.78. The van der Waals surface area contributed by atoms with Crippen molar-refractivity contribution in [1.82, 2.24) is 20.5 Å². The van der Waals surface area contributed by atoms with Gasteiger partial charge in [0.2, 0.25) is 0 Å². The van der Waals surface area contributed by atoms with Crippen LogP contribution in [0.15, 0.2) is 17.5 Å². The Hall–Kier alpha value is -2.06. The Bertz CT molecular complexity index is 553. The number of carbonyl (C=O) groups is 1. The fourth-order valence-electron chi connectivity index (χ4n) is 1.42. The molecule has 0 unspecified atom stereocenters. The Kier molecular flexibility index (Phi) is 4.37. The highest BCUT2D eigenvalue weighted by Crippen LogP contribution is 2.08. The highest BCUT2D eigenvalue weighted by Gasteiger charge is 2.07. The lowest BCUT2D eigenvalue weighted by Crippen LogP contribution is -2.27. The molecule has 7 nitrogen and oxygen atoms in total. The van der Waals surface area contributed by atoms with E-state index >= 15 is 0 Å². The van der Waals surface area contributed by atoms with Crippen LogP contribution in [-0.4, -0.2) is 27.6 Å². The Morgan fingerprint density at radius 3 is 2.84 bits per heavy atom. The van der Waals surface area contributed by atoms with Crippen molar-refractivity contribution in [3.05, 3.63) is 33.9 Å². The molecule has 0 aromatic carbocycles. The molecular formula is C11H14N6OS. The molecule has 0 fully saturated rings. The van der Waals surface area contributed by atoms with Gasteiger partial charge in [-0.05, 0) is 19.1 Å². The van der Waals surface area contributed by atoms with E-state index in [0.717, 1.165) is 10.7 Å². The van der Waals surface area contributed by atoms with Gasteiger partial charge in [-0.25, -0.2) is 10.8 Å². The minimum absolute atomic E-state index is 0.259. The monoisotopic (exact) mass is 278 g/mol. The van der Waals surface area contributed by atoms with Crippen LogP contribution in [0.5, 0.6) is 0 Å². The van der Waals surface area contributed by atoms with Crippen LogP contribution in [0.2, 0.25) is 0 Å². The van der Waals surface area contributed by atoms with Gasteiger partial charge >= 0.3 is 0 Å². The van der Waals surface area contributed by atoms with Crippen LogP contribution >= 0.6 is 11.3 Å². The summed E-state index contributed by atoms with van der Waals surface area (Å²) in [7, 11) is 0.